The van der Waals surface area contributed by atoms with E-state index in [9.17, 15) is 18.0 Å². The Morgan fingerprint density at radius 3 is 2.50 bits per heavy atom. The highest BCUT2D eigenvalue weighted by Crippen LogP contribution is 2.18. The summed E-state index contributed by atoms with van der Waals surface area (Å²) in [5.41, 5.74) is -0.908. The van der Waals surface area contributed by atoms with Gasteiger partial charge in [0, 0.05) is 7.05 Å². The van der Waals surface area contributed by atoms with Gasteiger partial charge in [0.25, 0.3) is 0 Å². The number of H-pyrrole nitrogens is 1. The molecule has 1 N–H and O–H groups in total. The quantitative estimate of drug-likeness (QED) is 0.691. The van der Waals surface area contributed by atoms with Crippen LogP contribution in [0.25, 0.3) is 0 Å². The number of aryl methyl sites for hydroxylation is 1. The number of ether oxygens (including phenoxy) is 1. The minimum Gasteiger partial charge on any atom is -0.398 e. The van der Waals surface area contributed by atoms with Crippen LogP contribution in [0.1, 0.15) is 0 Å². The minimum absolute atomic E-state index is 0.759. The molecule has 0 radical (unpaired) electrons. The smallest absolute Gasteiger partial charge is 0.398 e. The van der Waals surface area contributed by atoms with Crippen molar-refractivity contribution in [2.24, 2.45) is 7.05 Å². The van der Waals surface area contributed by atoms with Crippen molar-refractivity contribution < 1.29 is 17.9 Å². The van der Waals surface area contributed by atoms with Crippen molar-refractivity contribution in [1.29, 1.82) is 0 Å². The third-order valence-corrected chi connectivity index (χ3v) is 1.04. The molecule has 1 aromatic rings. The molecule has 1 rings (SSSR count). The predicted octanol–water partition coefficient (Wildman–Crippen LogP) is 0.612. The van der Waals surface area contributed by atoms with Crippen LogP contribution in [0.4, 0.5) is 13.2 Å². The zero-order valence-corrected chi connectivity index (χ0v) is 5.97. The Morgan fingerprint density at radius 1 is 1.58 bits per heavy atom. The Bertz CT molecular complexity index is 324. The van der Waals surface area contributed by atoms with Crippen molar-refractivity contribution in [2.75, 3.05) is 0 Å². The monoisotopic (exact) mass is 182 g/mol. The van der Waals surface area contributed by atoms with Crippen molar-refractivity contribution in [2.45, 2.75) is 6.36 Å². The van der Waals surface area contributed by atoms with E-state index in [0.717, 1.165) is 10.9 Å². The van der Waals surface area contributed by atoms with Gasteiger partial charge >= 0.3 is 11.9 Å². The maximum atomic E-state index is 11.5. The molecule has 0 aliphatic carbocycles. The number of nitrogens with one attached hydrogen (secondary N) is 1. The van der Waals surface area contributed by atoms with Crippen LogP contribution in [0.5, 0.6) is 5.75 Å². The van der Waals surface area contributed by atoms with Gasteiger partial charge in [0.05, 0.1) is 6.20 Å². The van der Waals surface area contributed by atoms with Crippen molar-refractivity contribution in [1.82, 2.24) is 9.78 Å². The molecular weight excluding hydrogens is 177 g/mol. The maximum Gasteiger partial charge on any atom is 0.573 e. The average molecular weight is 182 g/mol. The molecule has 0 atom stereocenters. The van der Waals surface area contributed by atoms with Gasteiger partial charge in [-0.2, -0.15) is 0 Å². The summed E-state index contributed by atoms with van der Waals surface area (Å²) < 4.78 is 39.1. The van der Waals surface area contributed by atoms with Gasteiger partial charge in [-0.05, 0) is 0 Å². The van der Waals surface area contributed by atoms with Gasteiger partial charge in [-0.3, -0.25) is 14.6 Å². The van der Waals surface area contributed by atoms with Crippen LogP contribution in [0.2, 0.25) is 0 Å². The molecular formula is C5H5F3N2O2. The van der Waals surface area contributed by atoms with E-state index in [0.29, 0.717) is 0 Å². The summed E-state index contributed by atoms with van der Waals surface area (Å²) in [6.07, 6.45) is -3.91. The number of halogens is 3. The molecule has 4 nitrogen and oxygen atoms in total. The Hall–Kier alpha value is -1.40. The Kier molecular flexibility index (Phi) is 1.87. The Labute approximate surface area is 64.5 Å². The van der Waals surface area contributed by atoms with E-state index >= 15 is 0 Å². The fraction of sp³-hybridized carbons (Fsp3) is 0.400. The molecule has 0 amide bonds. The fourth-order valence-corrected chi connectivity index (χ4v) is 0.679. The van der Waals surface area contributed by atoms with E-state index in [1.54, 1.807) is 0 Å². The standard InChI is InChI=1S/C5H5F3N2O2/c1-10-2-3(4(11)9-10)12-5(6,7)8/h2H,1H3,(H,9,11). The SMILES string of the molecule is Cn1cc(OC(F)(F)F)c(=O)[nH]1. The van der Waals surface area contributed by atoms with Crippen molar-refractivity contribution in [3.8, 4) is 5.75 Å². The zero-order valence-electron chi connectivity index (χ0n) is 5.97. The van der Waals surface area contributed by atoms with Gasteiger partial charge in [0.2, 0.25) is 5.75 Å². The molecule has 0 unspecified atom stereocenters. The molecule has 0 aromatic carbocycles. The van der Waals surface area contributed by atoms with Crippen molar-refractivity contribution >= 4 is 0 Å². The summed E-state index contributed by atoms with van der Waals surface area (Å²) >= 11 is 0. The van der Waals surface area contributed by atoms with E-state index in [-0.39, 0.29) is 0 Å². The first-order valence-electron chi connectivity index (χ1n) is 2.90. The van der Waals surface area contributed by atoms with Crippen LogP contribution in [0, 0.1) is 0 Å². The number of hydrogen-bond acceptors (Lipinski definition) is 2. The van der Waals surface area contributed by atoms with Gasteiger partial charge in [0.15, 0.2) is 0 Å². The average Bonchev–Trinajstić information content (AvgIpc) is 2.06. The lowest BCUT2D eigenvalue weighted by Crippen LogP contribution is -2.20. The lowest BCUT2D eigenvalue weighted by Gasteiger charge is -2.03. The highest BCUT2D eigenvalue weighted by molar-refractivity contribution is 5.12. The highest BCUT2D eigenvalue weighted by atomic mass is 19.4. The van der Waals surface area contributed by atoms with E-state index in [1.165, 1.54) is 7.05 Å². The van der Waals surface area contributed by atoms with Crippen LogP contribution in [-0.4, -0.2) is 16.1 Å². The number of alkyl halides is 3. The molecule has 1 aromatic heterocycles. The number of nitrogens with zero attached hydrogens (tertiary/aromatic N) is 1. The number of rotatable bonds is 1. The van der Waals surface area contributed by atoms with Gasteiger partial charge < -0.3 is 4.74 Å². The first-order chi connectivity index (χ1) is 5.38. The third kappa shape index (κ3) is 2.04. The van der Waals surface area contributed by atoms with Crippen molar-refractivity contribution in [3.63, 3.8) is 0 Å². The van der Waals surface area contributed by atoms with E-state index in [1.807, 2.05) is 0 Å². The second-order valence-corrected chi connectivity index (χ2v) is 2.09. The molecule has 68 valence electrons. The fourth-order valence-electron chi connectivity index (χ4n) is 0.679. The molecule has 12 heavy (non-hydrogen) atoms. The molecule has 0 spiro atoms. The molecule has 0 saturated carbocycles. The van der Waals surface area contributed by atoms with Crippen LogP contribution in [-0.2, 0) is 7.05 Å². The number of aromatic nitrogens is 2. The van der Waals surface area contributed by atoms with Gasteiger partial charge in [-0.25, -0.2) is 0 Å². The normalized spacial score (nSPS) is 11.7. The second kappa shape index (κ2) is 2.58. The summed E-state index contributed by atoms with van der Waals surface area (Å²) in [4.78, 5) is 10.6. The molecule has 0 saturated heterocycles. The lowest BCUT2D eigenvalue weighted by molar-refractivity contribution is -0.275. The lowest BCUT2D eigenvalue weighted by atomic mass is 10.6. The summed E-state index contributed by atoms with van der Waals surface area (Å²) in [6, 6.07) is 0. The minimum atomic E-state index is -4.83. The summed E-state index contributed by atoms with van der Waals surface area (Å²) in [5, 5.41) is 2.07. The van der Waals surface area contributed by atoms with E-state index < -0.39 is 17.7 Å². The first kappa shape index (κ1) is 8.69. The zero-order chi connectivity index (χ0) is 9.35. The first-order valence-corrected chi connectivity index (χ1v) is 2.90. The number of hydrogen-bond donors (Lipinski definition) is 1. The van der Waals surface area contributed by atoms with E-state index in [2.05, 4.69) is 9.84 Å². The van der Waals surface area contributed by atoms with Crippen molar-refractivity contribution in [3.05, 3.63) is 16.6 Å². The van der Waals surface area contributed by atoms with Gasteiger partial charge in [-0.15, -0.1) is 13.2 Å². The Balaban J connectivity index is 2.90. The largest absolute Gasteiger partial charge is 0.573 e. The molecule has 7 heteroatoms. The van der Waals surface area contributed by atoms with E-state index in [4.69, 9.17) is 0 Å². The third-order valence-electron chi connectivity index (χ3n) is 1.04. The number of aromatic amines is 1. The summed E-state index contributed by atoms with van der Waals surface area (Å²) in [5.74, 6) is -0.759. The molecule has 0 aliphatic heterocycles. The molecule has 0 fully saturated rings. The summed E-state index contributed by atoms with van der Waals surface area (Å²) in [6.45, 7) is 0. The Morgan fingerprint density at radius 2 is 2.17 bits per heavy atom. The van der Waals surface area contributed by atoms with Crippen LogP contribution in [0.3, 0.4) is 0 Å². The van der Waals surface area contributed by atoms with Crippen LogP contribution in [0.15, 0.2) is 11.0 Å². The topological polar surface area (TPSA) is 47.0 Å². The molecule has 0 aliphatic rings. The predicted molar refractivity (Wildman–Crippen MR) is 32.7 cm³/mol. The maximum absolute atomic E-state index is 11.5. The van der Waals surface area contributed by atoms with Crippen LogP contribution < -0.4 is 10.3 Å². The molecule has 1 heterocycles. The summed E-state index contributed by atoms with van der Waals surface area (Å²) in [7, 11) is 1.38. The molecule has 0 bridgehead atoms. The van der Waals surface area contributed by atoms with Crippen LogP contribution >= 0.6 is 0 Å². The highest BCUT2D eigenvalue weighted by Gasteiger charge is 2.32. The van der Waals surface area contributed by atoms with Gasteiger partial charge in [0.1, 0.15) is 0 Å². The van der Waals surface area contributed by atoms with Gasteiger partial charge in [-0.1, -0.05) is 0 Å². The second-order valence-electron chi connectivity index (χ2n) is 2.09.